The van der Waals surface area contributed by atoms with Crippen molar-refractivity contribution in [3.63, 3.8) is 0 Å². The second-order valence-electron chi connectivity index (χ2n) is 4.47. The van der Waals surface area contributed by atoms with Crippen molar-refractivity contribution in [2.24, 2.45) is 0 Å². The fourth-order valence-electron chi connectivity index (χ4n) is 1.98. The van der Waals surface area contributed by atoms with E-state index in [9.17, 15) is 4.79 Å². The van der Waals surface area contributed by atoms with Crippen molar-refractivity contribution in [1.82, 2.24) is 15.3 Å². The van der Waals surface area contributed by atoms with Crippen molar-refractivity contribution in [3.05, 3.63) is 17.1 Å². The molecule has 1 aliphatic heterocycles. The van der Waals surface area contributed by atoms with E-state index in [-0.39, 0.29) is 5.82 Å². The molecule has 0 aromatic carbocycles. The third-order valence-corrected chi connectivity index (χ3v) is 3.04. The minimum absolute atomic E-state index is 0.103. The Hall–Kier alpha value is -1.69. The number of carboxylic acid groups (broad SMARTS) is 1. The predicted octanol–water partition coefficient (Wildman–Crippen LogP) is 0.395. The van der Waals surface area contributed by atoms with E-state index < -0.39 is 5.97 Å². The van der Waals surface area contributed by atoms with Crippen LogP contribution in [0.1, 0.15) is 34.7 Å². The Morgan fingerprint density at radius 2 is 2.24 bits per heavy atom. The molecule has 0 amide bonds. The number of nitrogens with zero attached hydrogens (tertiary/aromatic N) is 2. The third kappa shape index (κ3) is 2.08. The van der Waals surface area contributed by atoms with Crippen LogP contribution in [0.5, 0.6) is 0 Å². The normalized spacial score (nSPS) is 18.6. The Morgan fingerprint density at radius 1 is 1.41 bits per heavy atom. The van der Waals surface area contributed by atoms with Crippen LogP contribution in [-0.2, 0) is 13.0 Å². The Balaban J connectivity index is 2.02. The van der Waals surface area contributed by atoms with Crippen molar-refractivity contribution in [2.75, 3.05) is 11.9 Å². The highest BCUT2D eigenvalue weighted by molar-refractivity contribution is 5.83. The lowest BCUT2D eigenvalue weighted by molar-refractivity contribution is 0.0683. The minimum Gasteiger partial charge on any atom is -0.475 e. The second-order valence-corrected chi connectivity index (χ2v) is 4.47. The van der Waals surface area contributed by atoms with Gasteiger partial charge in [-0.3, -0.25) is 0 Å². The summed E-state index contributed by atoms with van der Waals surface area (Å²) in [5, 5.41) is 15.5. The SMILES string of the molecule is O=C(O)c1nc2c(c(NC3CC3)n1)CNCC2. The van der Waals surface area contributed by atoms with Gasteiger partial charge in [0.2, 0.25) is 5.82 Å². The smallest absolute Gasteiger partial charge is 0.374 e. The molecular weight excluding hydrogens is 220 g/mol. The highest BCUT2D eigenvalue weighted by atomic mass is 16.4. The van der Waals surface area contributed by atoms with Crippen LogP contribution in [0.2, 0.25) is 0 Å². The Bertz CT molecular complexity index is 471. The van der Waals surface area contributed by atoms with Crippen LogP contribution < -0.4 is 10.6 Å². The molecular formula is C11H14N4O2. The molecule has 0 saturated heterocycles. The maximum atomic E-state index is 11.0. The molecule has 1 aliphatic carbocycles. The largest absolute Gasteiger partial charge is 0.475 e. The fraction of sp³-hybridized carbons (Fsp3) is 0.545. The highest BCUT2D eigenvalue weighted by Crippen LogP contribution is 2.27. The van der Waals surface area contributed by atoms with Gasteiger partial charge in [-0.1, -0.05) is 0 Å². The summed E-state index contributed by atoms with van der Waals surface area (Å²) < 4.78 is 0. The molecule has 0 atom stereocenters. The maximum Gasteiger partial charge on any atom is 0.374 e. The summed E-state index contributed by atoms with van der Waals surface area (Å²) in [5.41, 5.74) is 1.88. The summed E-state index contributed by atoms with van der Waals surface area (Å²) in [6.45, 7) is 1.55. The molecule has 1 fully saturated rings. The van der Waals surface area contributed by atoms with Gasteiger partial charge in [0.05, 0.1) is 5.69 Å². The predicted molar refractivity (Wildman–Crippen MR) is 61.0 cm³/mol. The quantitative estimate of drug-likeness (QED) is 0.701. The van der Waals surface area contributed by atoms with Gasteiger partial charge in [-0.05, 0) is 12.8 Å². The van der Waals surface area contributed by atoms with Gasteiger partial charge >= 0.3 is 5.97 Å². The molecule has 3 N–H and O–H groups in total. The van der Waals surface area contributed by atoms with Gasteiger partial charge in [-0.25, -0.2) is 14.8 Å². The molecule has 0 bridgehead atoms. The Morgan fingerprint density at radius 3 is 2.94 bits per heavy atom. The van der Waals surface area contributed by atoms with Gasteiger partial charge in [0, 0.05) is 31.1 Å². The first kappa shape index (κ1) is 10.5. The highest BCUT2D eigenvalue weighted by Gasteiger charge is 2.26. The molecule has 0 spiro atoms. The molecule has 6 nitrogen and oxygen atoms in total. The fourth-order valence-corrected chi connectivity index (χ4v) is 1.98. The third-order valence-electron chi connectivity index (χ3n) is 3.04. The van der Waals surface area contributed by atoms with Gasteiger partial charge in [0.25, 0.3) is 0 Å². The van der Waals surface area contributed by atoms with E-state index in [0.717, 1.165) is 37.1 Å². The van der Waals surface area contributed by atoms with Crippen molar-refractivity contribution in [2.45, 2.75) is 31.8 Å². The lowest BCUT2D eigenvalue weighted by atomic mass is 10.1. The summed E-state index contributed by atoms with van der Waals surface area (Å²) in [6, 6.07) is 0.456. The number of carboxylic acids is 1. The lowest BCUT2D eigenvalue weighted by Crippen LogP contribution is -2.28. The first-order valence-corrected chi connectivity index (χ1v) is 5.84. The molecule has 0 unspecified atom stereocenters. The summed E-state index contributed by atoms with van der Waals surface area (Å²) in [6.07, 6.45) is 3.03. The zero-order valence-electron chi connectivity index (χ0n) is 9.36. The van der Waals surface area contributed by atoms with Crippen LogP contribution >= 0.6 is 0 Å². The number of aromatic carboxylic acids is 1. The van der Waals surface area contributed by atoms with Gasteiger partial charge < -0.3 is 15.7 Å². The van der Waals surface area contributed by atoms with Crippen LogP contribution in [-0.4, -0.2) is 33.6 Å². The van der Waals surface area contributed by atoms with Crippen molar-refractivity contribution in [1.29, 1.82) is 0 Å². The number of carbonyl (C=O) groups is 1. The first-order chi connectivity index (χ1) is 8.24. The monoisotopic (exact) mass is 234 g/mol. The van der Waals surface area contributed by atoms with Gasteiger partial charge in [0.1, 0.15) is 5.82 Å². The number of fused-ring (bicyclic) bond motifs is 1. The summed E-state index contributed by atoms with van der Waals surface area (Å²) in [5.74, 6) is -0.471. The standard InChI is InChI=1S/C11H14N4O2/c16-11(17)10-14-8-3-4-12-5-7(8)9(15-10)13-6-1-2-6/h6,12H,1-5H2,(H,16,17)(H,13,14,15). The average Bonchev–Trinajstić information content (AvgIpc) is 3.13. The van der Waals surface area contributed by atoms with Crippen molar-refractivity contribution < 1.29 is 9.90 Å². The molecule has 90 valence electrons. The van der Waals surface area contributed by atoms with E-state index in [0.29, 0.717) is 18.4 Å². The maximum absolute atomic E-state index is 11.0. The van der Waals surface area contributed by atoms with Crippen LogP contribution in [0.15, 0.2) is 0 Å². The Kier molecular flexibility index (Phi) is 2.44. The Labute approximate surface area is 98.5 Å². The number of anilines is 1. The molecule has 17 heavy (non-hydrogen) atoms. The molecule has 1 aromatic rings. The number of aromatic nitrogens is 2. The van der Waals surface area contributed by atoms with Gasteiger partial charge in [-0.15, -0.1) is 0 Å². The second kappa shape index (κ2) is 3.96. The molecule has 3 rings (SSSR count). The van der Waals surface area contributed by atoms with Crippen LogP contribution in [0.4, 0.5) is 5.82 Å². The molecule has 2 aliphatic rings. The molecule has 1 aromatic heterocycles. The molecule has 2 heterocycles. The average molecular weight is 234 g/mol. The minimum atomic E-state index is -1.06. The molecule has 1 saturated carbocycles. The summed E-state index contributed by atoms with van der Waals surface area (Å²) >= 11 is 0. The van der Waals surface area contributed by atoms with Gasteiger partial charge in [-0.2, -0.15) is 0 Å². The number of nitrogens with one attached hydrogen (secondary N) is 2. The van der Waals surface area contributed by atoms with E-state index in [1.807, 2.05) is 0 Å². The van der Waals surface area contributed by atoms with E-state index in [1.165, 1.54) is 0 Å². The van der Waals surface area contributed by atoms with E-state index in [2.05, 4.69) is 20.6 Å². The van der Waals surface area contributed by atoms with Crippen molar-refractivity contribution in [3.8, 4) is 0 Å². The topological polar surface area (TPSA) is 87.1 Å². The van der Waals surface area contributed by atoms with Crippen molar-refractivity contribution >= 4 is 11.8 Å². The lowest BCUT2D eigenvalue weighted by Gasteiger charge is -2.19. The van der Waals surface area contributed by atoms with E-state index >= 15 is 0 Å². The molecule has 6 heteroatoms. The first-order valence-electron chi connectivity index (χ1n) is 5.84. The number of rotatable bonds is 3. The van der Waals surface area contributed by atoms with E-state index in [4.69, 9.17) is 5.11 Å². The summed E-state index contributed by atoms with van der Waals surface area (Å²) in [4.78, 5) is 19.2. The van der Waals surface area contributed by atoms with Crippen LogP contribution in [0.25, 0.3) is 0 Å². The molecule has 0 radical (unpaired) electrons. The van der Waals surface area contributed by atoms with Gasteiger partial charge in [0.15, 0.2) is 0 Å². The zero-order chi connectivity index (χ0) is 11.8. The van der Waals surface area contributed by atoms with E-state index in [1.54, 1.807) is 0 Å². The van der Waals surface area contributed by atoms with Crippen LogP contribution in [0, 0.1) is 0 Å². The zero-order valence-corrected chi connectivity index (χ0v) is 9.36. The van der Waals surface area contributed by atoms with Crippen LogP contribution in [0.3, 0.4) is 0 Å². The number of hydrogen-bond donors (Lipinski definition) is 3. The summed E-state index contributed by atoms with van der Waals surface area (Å²) in [7, 11) is 0. The number of hydrogen-bond acceptors (Lipinski definition) is 5.